The van der Waals surface area contributed by atoms with E-state index in [2.05, 4.69) is 6.07 Å². The van der Waals surface area contributed by atoms with Crippen LogP contribution in [-0.4, -0.2) is 62.7 Å². The van der Waals surface area contributed by atoms with E-state index in [1.807, 2.05) is 25.8 Å². The van der Waals surface area contributed by atoms with E-state index in [9.17, 15) is 5.11 Å². The van der Waals surface area contributed by atoms with Gasteiger partial charge in [0.2, 0.25) is 0 Å². The Kier molecular flexibility index (Phi) is 9.00. The van der Waals surface area contributed by atoms with Crippen molar-refractivity contribution in [1.29, 1.82) is 5.26 Å². The molecule has 0 bridgehead atoms. The first-order valence-electron chi connectivity index (χ1n) is 5.86. The van der Waals surface area contributed by atoms with E-state index in [0.29, 0.717) is 19.7 Å². The Morgan fingerprint density at radius 3 is 2.47 bits per heavy atom. The summed E-state index contributed by atoms with van der Waals surface area (Å²) in [6.45, 7) is 5.73. The van der Waals surface area contributed by atoms with E-state index in [-0.39, 0.29) is 18.6 Å². The summed E-state index contributed by atoms with van der Waals surface area (Å²) in [5.74, 6) is -0.0273. The first-order chi connectivity index (χ1) is 7.99. The first-order valence-corrected chi connectivity index (χ1v) is 5.86. The zero-order valence-corrected chi connectivity index (χ0v) is 11.2. The van der Waals surface area contributed by atoms with Gasteiger partial charge in [-0.2, -0.15) is 5.26 Å². The zero-order chi connectivity index (χ0) is 13.3. The van der Waals surface area contributed by atoms with Crippen molar-refractivity contribution in [3.05, 3.63) is 0 Å². The van der Waals surface area contributed by atoms with Crippen LogP contribution in [0.2, 0.25) is 0 Å². The lowest BCUT2D eigenvalue weighted by atomic mass is 10.2. The fraction of sp³-hybridized carbons (Fsp3) is 0.917. The quantitative estimate of drug-likeness (QED) is 0.639. The van der Waals surface area contributed by atoms with Crippen molar-refractivity contribution in [2.75, 3.05) is 40.5 Å². The summed E-state index contributed by atoms with van der Waals surface area (Å²) in [6, 6.07) is 2.16. The van der Waals surface area contributed by atoms with Crippen molar-refractivity contribution in [1.82, 2.24) is 4.90 Å². The summed E-state index contributed by atoms with van der Waals surface area (Å²) in [7, 11) is 3.50. The van der Waals surface area contributed by atoms with Gasteiger partial charge in [0.1, 0.15) is 0 Å². The van der Waals surface area contributed by atoms with Crippen molar-refractivity contribution in [3.63, 3.8) is 0 Å². The number of methoxy groups -OCH3 is 1. The van der Waals surface area contributed by atoms with E-state index in [0.717, 1.165) is 0 Å². The Hall–Kier alpha value is -0.670. The minimum Gasteiger partial charge on any atom is -0.389 e. The van der Waals surface area contributed by atoms with Gasteiger partial charge < -0.3 is 19.5 Å². The lowest BCUT2D eigenvalue weighted by molar-refractivity contribution is -0.0383. The van der Waals surface area contributed by atoms with Gasteiger partial charge in [0.15, 0.2) is 0 Å². The topological polar surface area (TPSA) is 65.7 Å². The molecule has 17 heavy (non-hydrogen) atoms. The molecule has 0 spiro atoms. The number of aliphatic hydroxyl groups excluding tert-OH is 1. The van der Waals surface area contributed by atoms with Gasteiger partial charge in [-0.3, -0.25) is 0 Å². The lowest BCUT2D eigenvalue weighted by Crippen LogP contribution is -2.35. The van der Waals surface area contributed by atoms with Crippen LogP contribution in [-0.2, 0) is 9.47 Å². The molecule has 0 aromatic carbocycles. The van der Waals surface area contributed by atoms with Gasteiger partial charge in [-0.05, 0) is 20.9 Å². The highest BCUT2D eigenvalue weighted by Gasteiger charge is 2.12. The van der Waals surface area contributed by atoms with Crippen molar-refractivity contribution >= 4 is 0 Å². The summed E-state index contributed by atoms with van der Waals surface area (Å²) in [5, 5.41) is 18.4. The molecular formula is C12H24N2O3. The predicted molar refractivity (Wildman–Crippen MR) is 65.6 cm³/mol. The second kappa shape index (κ2) is 9.37. The summed E-state index contributed by atoms with van der Waals surface area (Å²) in [6.07, 6.45) is -0.553. The maximum absolute atomic E-state index is 9.73. The number of likely N-dealkylation sites (N-methyl/N-ethyl adjacent to an activating group) is 1. The molecule has 0 heterocycles. The highest BCUT2D eigenvalue weighted by molar-refractivity contribution is 4.81. The standard InChI is InChI=1S/C12H24N2O3/c1-10(5-13)6-14(3)7-12(15)9-17-11(2)8-16-4/h10-12,15H,6-9H2,1-4H3. The fourth-order valence-corrected chi connectivity index (χ4v) is 1.55. The monoisotopic (exact) mass is 244 g/mol. The Balaban J connectivity index is 3.71. The molecule has 5 heteroatoms. The Morgan fingerprint density at radius 1 is 1.29 bits per heavy atom. The molecule has 3 atom stereocenters. The van der Waals surface area contributed by atoms with Crippen LogP contribution in [0.5, 0.6) is 0 Å². The molecule has 0 aromatic heterocycles. The number of aliphatic hydroxyl groups is 1. The molecule has 0 radical (unpaired) electrons. The van der Waals surface area contributed by atoms with Crippen molar-refractivity contribution in [2.24, 2.45) is 5.92 Å². The summed E-state index contributed by atoms with van der Waals surface area (Å²) < 4.78 is 10.3. The van der Waals surface area contributed by atoms with E-state index < -0.39 is 6.10 Å². The van der Waals surface area contributed by atoms with Crippen LogP contribution in [0.4, 0.5) is 0 Å². The molecule has 1 N–H and O–H groups in total. The average Bonchev–Trinajstić information content (AvgIpc) is 2.26. The molecule has 3 unspecified atom stereocenters. The van der Waals surface area contributed by atoms with Gasteiger partial charge in [0.25, 0.3) is 0 Å². The molecule has 100 valence electrons. The SMILES string of the molecule is COCC(C)OCC(O)CN(C)CC(C)C#N. The largest absolute Gasteiger partial charge is 0.389 e. The van der Waals surface area contributed by atoms with Gasteiger partial charge in [-0.25, -0.2) is 0 Å². The van der Waals surface area contributed by atoms with Gasteiger partial charge in [-0.15, -0.1) is 0 Å². The number of ether oxygens (including phenoxy) is 2. The molecule has 0 aliphatic rings. The fourth-order valence-electron chi connectivity index (χ4n) is 1.55. The second-order valence-corrected chi connectivity index (χ2v) is 4.50. The number of nitriles is 1. The van der Waals surface area contributed by atoms with Crippen molar-refractivity contribution < 1.29 is 14.6 Å². The zero-order valence-electron chi connectivity index (χ0n) is 11.2. The van der Waals surface area contributed by atoms with E-state index in [4.69, 9.17) is 14.7 Å². The van der Waals surface area contributed by atoms with Gasteiger partial charge >= 0.3 is 0 Å². The summed E-state index contributed by atoms with van der Waals surface area (Å²) in [5.41, 5.74) is 0. The number of nitrogens with zero attached hydrogens (tertiary/aromatic N) is 2. The van der Waals surface area contributed by atoms with Crippen LogP contribution < -0.4 is 0 Å². The molecule has 5 nitrogen and oxygen atoms in total. The minimum atomic E-state index is -0.537. The third kappa shape index (κ3) is 9.07. The van der Waals surface area contributed by atoms with Crippen LogP contribution in [0, 0.1) is 17.2 Å². The minimum absolute atomic E-state index is 0.0158. The Labute approximate surface area is 104 Å². The predicted octanol–water partition coefficient (Wildman–Crippen LogP) is 0.490. The van der Waals surface area contributed by atoms with Crippen LogP contribution >= 0.6 is 0 Å². The van der Waals surface area contributed by atoms with E-state index in [1.165, 1.54) is 0 Å². The van der Waals surface area contributed by atoms with Crippen molar-refractivity contribution in [2.45, 2.75) is 26.1 Å². The van der Waals surface area contributed by atoms with Crippen LogP contribution in [0.1, 0.15) is 13.8 Å². The van der Waals surface area contributed by atoms with Crippen LogP contribution in [0.3, 0.4) is 0 Å². The third-order valence-electron chi connectivity index (χ3n) is 2.30. The maximum Gasteiger partial charge on any atom is 0.0900 e. The maximum atomic E-state index is 9.73. The molecular weight excluding hydrogens is 220 g/mol. The molecule has 0 rings (SSSR count). The Morgan fingerprint density at radius 2 is 1.94 bits per heavy atom. The van der Waals surface area contributed by atoms with E-state index in [1.54, 1.807) is 7.11 Å². The molecule has 0 aromatic rings. The van der Waals surface area contributed by atoms with Crippen molar-refractivity contribution in [3.8, 4) is 6.07 Å². The second-order valence-electron chi connectivity index (χ2n) is 4.50. The number of hydrogen-bond donors (Lipinski definition) is 1. The summed E-state index contributed by atoms with van der Waals surface area (Å²) in [4.78, 5) is 1.93. The third-order valence-corrected chi connectivity index (χ3v) is 2.30. The number of hydrogen-bond acceptors (Lipinski definition) is 5. The molecule has 0 aliphatic carbocycles. The molecule has 0 amide bonds. The molecule has 0 fully saturated rings. The van der Waals surface area contributed by atoms with E-state index >= 15 is 0 Å². The molecule has 0 aliphatic heterocycles. The number of rotatable bonds is 9. The smallest absolute Gasteiger partial charge is 0.0900 e. The molecule has 0 saturated carbocycles. The van der Waals surface area contributed by atoms with Crippen LogP contribution in [0.25, 0.3) is 0 Å². The first kappa shape index (κ1) is 16.3. The molecule has 0 saturated heterocycles. The average molecular weight is 244 g/mol. The van der Waals surface area contributed by atoms with Gasteiger partial charge in [-0.1, -0.05) is 0 Å². The summed E-state index contributed by atoms with van der Waals surface area (Å²) >= 11 is 0. The van der Waals surface area contributed by atoms with Gasteiger partial charge in [0, 0.05) is 20.2 Å². The van der Waals surface area contributed by atoms with Gasteiger partial charge in [0.05, 0.1) is 37.4 Å². The van der Waals surface area contributed by atoms with Crippen LogP contribution in [0.15, 0.2) is 0 Å². The Bertz CT molecular complexity index is 230. The highest BCUT2D eigenvalue weighted by atomic mass is 16.5. The highest BCUT2D eigenvalue weighted by Crippen LogP contribution is 1.99. The normalized spacial score (nSPS) is 16.5. The lowest BCUT2D eigenvalue weighted by Gasteiger charge is -2.22.